The van der Waals surface area contributed by atoms with Crippen LogP contribution in [0.5, 0.6) is 0 Å². The first kappa shape index (κ1) is 18.2. The van der Waals surface area contributed by atoms with E-state index < -0.39 is 0 Å². The van der Waals surface area contributed by atoms with E-state index in [1.165, 1.54) is 36.0 Å². The van der Waals surface area contributed by atoms with Crippen LogP contribution >= 0.6 is 46.6 Å². The number of amides is 2. The Morgan fingerprint density at radius 2 is 1.89 bits per heavy atom. The van der Waals surface area contributed by atoms with Crippen LogP contribution in [0.2, 0.25) is 0 Å². The van der Waals surface area contributed by atoms with Gasteiger partial charge < -0.3 is 4.42 Å². The number of carbonyl (C=O) groups is 2. The number of thioether (sulfide) groups is 1. The highest BCUT2D eigenvalue weighted by Gasteiger charge is 2.55. The standard InChI is InChI=1S/C19H19IN2O3S2/c20-15-2-1-13(25-15)6-14-16(23)22(18(26)27-14)21-17(24)19-7-10-3-11(8-19)5-12(4-10)9-19/h1-2,6,10-12H,3-5,7-9H2,(H,21,24)/b14-6+. The van der Waals surface area contributed by atoms with Gasteiger partial charge in [-0.15, -0.1) is 0 Å². The van der Waals surface area contributed by atoms with E-state index in [1.54, 1.807) is 6.08 Å². The Hall–Kier alpha value is -0.870. The summed E-state index contributed by atoms with van der Waals surface area (Å²) in [6, 6.07) is 3.64. The van der Waals surface area contributed by atoms with Crippen molar-refractivity contribution in [3.05, 3.63) is 26.6 Å². The van der Waals surface area contributed by atoms with Gasteiger partial charge in [0.05, 0.1) is 10.3 Å². The molecule has 0 atom stereocenters. The molecule has 1 aliphatic heterocycles. The fraction of sp³-hybridized carbons (Fsp3) is 0.526. The highest BCUT2D eigenvalue weighted by molar-refractivity contribution is 14.1. The third kappa shape index (κ3) is 3.17. The fourth-order valence-electron chi connectivity index (χ4n) is 5.71. The number of rotatable bonds is 3. The SMILES string of the molecule is O=C1/C(=C\c2ccc(I)o2)SC(=S)N1NC(=O)C12CC3CC(CC(C3)C1)C2. The molecule has 4 saturated carbocycles. The lowest BCUT2D eigenvalue weighted by molar-refractivity contribution is -0.152. The quantitative estimate of drug-likeness (QED) is 0.370. The van der Waals surface area contributed by atoms with Crippen molar-refractivity contribution in [3.8, 4) is 0 Å². The van der Waals surface area contributed by atoms with Gasteiger partial charge in [-0.1, -0.05) is 11.8 Å². The molecule has 4 bridgehead atoms. The minimum Gasteiger partial charge on any atom is -0.451 e. The predicted octanol–water partition coefficient (Wildman–Crippen LogP) is 4.33. The van der Waals surface area contributed by atoms with Crippen molar-refractivity contribution in [1.82, 2.24) is 10.4 Å². The van der Waals surface area contributed by atoms with Crippen molar-refractivity contribution in [2.24, 2.45) is 23.2 Å². The molecule has 1 N–H and O–H groups in total. The average Bonchev–Trinajstić information content (AvgIpc) is 3.12. The van der Waals surface area contributed by atoms with Gasteiger partial charge in [-0.25, -0.2) is 0 Å². The van der Waals surface area contributed by atoms with Gasteiger partial charge in [-0.3, -0.25) is 15.0 Å². The highest BCUT2D eigenvalue weighted by atomic mass is 127. The van der Waals surface area contributed by atoms with Crippen LogP contribution in [0.4, 0.5) is 0 Å². The van der Waals surface area contributed by atoms with Crippen molar-refractivity contribution in [2.75, 3.05) is 0 Å². The van der Waals surface area contributed by atoms with Crippen LogP contribution in [-0.2, 0) is 9.59 Å². The normalized spacial score (nSPS) is 36.1. The summed E-state index contributed by atoms with van der Waals surface area (Å²) >= 11 is 8.63. The Morgan fingerprint density at radius 3 is 2.44 bits per heavy atom. The first-order chi connectivity index (χ1) is 12.9. The molecule has 5 nitrogen and oxygen atoms in total. The molecular formula is C19H19IN2O3S2. The molecule has 0 aromatic carbocycles. The Balaban J connectivity index is 1.33. The van der Waals surface area contributed by atoms with Gasteiger partial charge in [-0.2, -0.15) is 5.01 Å². The molecule has 1 aromatic rings. The summed E-state index contributed by atoms with van der Waals surface area (Å²) in [5.74, 6) is 2.33. The lowest BCUT2D eigenvalue weighted by atomic mass is 9.49. The second-order valence-electron chi connectivity index (χ2n) is 8.30. The van der Waals surface area contributed by atoms with E-state index in [-0.39, 0.29) is 17.2 Å². The molecule has 6 rings (SSSR count). The Labute approximate surface area is 180 Å². The number of carbonyl (C=O) groups excluding carboxylic acids is 2. The summed E-state index contributed by atoms with van der Waals surface area (Å²) in [5, 5.41) is 1.25. The molecule has 0 radical (unpaired) electrons. The first-order valence-corrected chi connectivity index (χ1v) is 11.6. The van der Waals surface area contributed by atoms with Gasteiger partial charge in [-0.05, 0) is 103 Å². The minimum absolute atomic E-state index is 0.0216. The van der Waals surface area contributed by atoms with E-state index in [1.807, 2.05) is 12.1 Å². The van der Waals surface area contributed by atoms with Crippen molar-refractivity contribution < 1.29 is 14.0 Å². The summed E-state index contributed by atoms with van der Waals surface area (Å²) in [4.78, 5) is 26.4. The molecule has 2 heterocycles. The van der Waals surface area contributed by atoms with Gasteiger partial charge in [0, 0.05) is 6.08 Å². The monoisotopic (exact) mass is 514 g/mol. The van der Waals surface area contributed by atoms with Gasteiger partial charge in [0.1, 0.15) is 5.76 Å². The number of thiocarbonyl (C=S) groups is 1. The summed E-state index contributed by atoms with van der Waals surface area (Å²) < 4.78 is 6.63. The first-order valence-electron chi connectivity index (χ1n) is 9.26. The van der Waals surface area contributed by atoms with Crippen molar-refractivity contribution >= 4 is 68.8 Å². The van der Waals surface area contributed by atoms with Gasteiger partial charge in [0.25, 0.3) is 5.91 Å². The van der Waals surface area contributed by atoms with E-state index in [2.05, 4.69) is 28.0 Å². The van der Waals surface area contributed by atoms with Crippen molar-refractivity contribution in [3.63, 3.8) is 0 Å². The average molecular weight is 514 g/mol. The number of furan rings is 1. The highest BCUT2D eigenvalue weighted by Crippen LogP contribution is 2.60. The smallest absolute Gasteiger partial charge is 0.285 e. The molecule has 0 unspecified atom stereocenters. The summed E-state index contributed by atoms with van der Waals surface area (Å²) in [6.07, 6.45) is 8.38. The fourth-order valence-corrected chi connectivity index (χ4v) is 7.30. The summed E-state index contributed by atoms with van der Waals surface area (Å²) in [5.41, 5.74) is 2.56. The van der Waals surface area contributed by atoms with Crippen LogP contribution in [0.15, 0.2) is 21.5 Å². The number of halogens is 1. The van der Waals surface area contributed by atoms with Crippen LogP contribution in [-0.4, -0.2) is 21.1 Å². The van der Waals surface area contributed by atoms with E-state index in [9.17, 15) is 9.59 Å². The zero-order valence-electron chi connectivity index (χ0n) is 14.6. The van der Waals surface area contributed by atoms with Gasteiger partial charge >= 0.3 is 0 Å². The second-order valence-corrected chi connectivity index (χ2v) is 11.0. The van der Waals surface area contributed by atoms with Crippen molar-refractivity contribution in [1.29, 1.82) is 0 Å². The molecule has 2 amide bonds. The molecule has 0 spiro atoms. The molecule has 1 saturated heterocycles. The van der Waals surface area contributed by atoms with E-state index in [0.717, 1.165) is 23.0 Å². The second kappa shape index (κ2) is 6.59. The molecule has 8 heteroatoms. The maximum absolute atomic E-state index is 13.2. The largest absolute Gasteiger partial charge is 0.451 e. The summed E-state index contributed by atoms with van der Waals surface area (Å²) in [7, 11) is 0. The van der Waals surface area contributed by atoms with E-state index >= 15 is 0 Å². The molecule has 5 aliphatic rings. The van der Waals surface area contributed by atoms with Crippen LogP contribution < -0.4 is 5.43 Å². The molecular weight excluding hydrogens is 495 g/mol. The Kier molecular flexibility index (Phi) is 4.43. The number of hydrogen-bond donors (Lipinski definition) is 1. The Morgan fingerprint density at radius 1 is 1.26 bits per heavy atom. The zero-order chi connectivity index (χ0) is 18.8. The molecule has 4 aliphatic carbocycles. The molecule has 1 aromatic heterocycles. The third-order valence-corrected chi connectivity index (χ3v) is 8.28. The molecule has 5 fully saturated rings. The van der Waals surface area contributed by atoms with Crippen LogP contribution in [0.3, 0.4) is 0 Å². The van der Waals surface area contributed by atoms with E-state index in [0.29, 0.717) is 32.7 Å². The zero-order valence-corrected chi connectivity index (χ0v) is 18.4. The number of hydrazine groups is 1. The third-order valence-electron chi connectivity index (χ3n) is 6.39. The summed E-state index contributed by atoms with van der Waals surface area (Å²) in [6.45, 7) is 0. The number of hydrogen-bond acceptors (Lipinski definition) is 5. The Bertz CT molecular complexity index is 843. The number of nitrogens with zero attached hydrogens (tertiary/aromatic N) is 1. The van der Waals surface area contributed by atoms with Crippen molar-refractivity contribution in [2.45, 2.75) is 38.5 Å². The van der Waals surface area contributed by atoms with Crippen LogP contribution in [0, 0.1) is 26.9 Å². The number of nitrogens with one attached hydrogen (secondary N) is 1. The van der Waals surface area contributed by atoms with Crippen LogP contribution in [0.1, 0.15) is 44.3 Å². The topological polar surface area (TPSA) is 62.6 Å². The molecule has 142 valence electrons. The maximum atomic E-state index is 13.2. The van der Waals surface area contributed by atoms with Crippen LogP contribution in [0.25, 0.3) is 6.08 Å². The van der Waals surface area contributed by atoms with Gasteiger partial charge in [0.2, 0.25) is 5.91 Å². The van der Waals surface area contributed by atoms with E-state index in [4.69, 9.17) is 16.6 Å². The lowest BCUT2D eigenvalue weighted by Crippen LogP contribution is -2.57. The van der Waals surface area contributed by atoms with Gasteiger partial charge in [0.15, 0.2) is 8.09 Å². The maximum Gasteiger partial charge on any atom is 0.285 e. The lowest BCUT2D eigenvalue weighted by Gasteiger charge is -2.55. The predicted molar refractivity (Wildman–Crippen MR) is 115 cm³/mol. The molecule has 27 heavy (non-hydrogen) atoms. The minimum atomic E-state index is -0.307.